The lowest BCUT2D eigenvalue weighted by Crippen LogP contribution is -2.19. The summed E-state index contributed by atoms with van der Waals surface area (Å²) >= 11 is 0. The molecule has 0 saturated carbocycles. The van der Waals surface area contributed by atoms with Crippen LogP contribution in [0.1, 0.15) is 32.1 Å². The van der Waals surface area contributed by atoms with Crippen LogP contribution in [0.2, 0.25) is 0 Å². The predicted octanol–water partition coefficient (Wildman–Crippen LogP) is 0.978. The lowest BCUT2D eigenvalue weighted by Gasteiger charge is -2.00. The molecule has 6 heteroatoms. The van der Waals surface area contributed by atoms with E-state index >= 15 is 0 Å². The fourth-order valence-electron chi connectivity index (χ4n) is 1.35. The Labute approximate surface area is 116 Å². The molecule has 2 amide bonds. The van der Waals surface area contributed by atoms with E-state index in [9.17, 15) is 9.59 Å². The summed E-state index contributed by atoms with van der Waals surface area (Å²) in [5.74, 6) is -1.35. The van der Waals surface area contributed by atoms with E-state index in [1.165, 1.54) is 17.7 Å². The van der Waals surface area contributed by atoms with Crippen LogP contribution < -0.4 is 11.5 Å². The van der Waals surface area contributed by atoms with Crippen LogP contribution in [0.25, 0.3) is 0 Å². The van der Waals surface area contributed by atoms with Gasteiger partial charge in [-0.2, -0.15) is 0 Å². The molecule has 6 nitrogen and oxygen atoms in total. The van der Waals surface area contributed by atoms with E-state index in [4.69, 9.17) is 11.5 Å². The van der Waals surface area contributed by atoms with Gasteiger partial charge in [0.05, 0.1) is 0 Å². The highest BCUT2D eigenvalue weighted by atomic mass is 16.1. The summed E-state index contributed by atoms with van der Waals surface area (Å²) in [6.45, 7) is 3.77. The number of nitrogens with two attached hydrogens (primary N) is 2. The maximum atomic E-state index is 10.7. The Morgan fingerprint density at radius 2 is 1.35 bits per heavy atom. The Hall–Kier alpha value is -2.76. The summed E-state index contributed by atoms with van der Waals surface area (Å²) in [7, 11) is 0. The number of amides is 2. The quantitative estimate of drug-likeness (QED) is 0.848. The molecule has 0 aromatic carbocycles. The Morgan fingerprint density at radius 1 is 0.900 bits per heavy atom. The number of pyridine rings is 2. The van der Waals surface area contributed by atoms with Crippen LogP contribution in [0.3, 0.4) is 0 Å². The summed E-state index contributed by atoms with van der Waals surface area (Å²) in [5.41, 5.74) is 12.1. The molecule has 4 N–H and O–H groups in total. The molecule has 2 heterocycles. The van der Waals surface area contributed by atoms with Crippen molar-refractivity contribution < 1.29 is 9.59 Å². The number of hydrogen-bond acceptors (Lipinski definition) is 4. The SMILES string of the molecule is Cc1cc(C(N)=O)nc(C(N)=O)c1.Cc1ccncc1. The van der Waals surface area contributed by atoms with Crippen molar-refractivity contribution in [2.45, 2.75) is 13.8 Å². The van der Waals surface area contributed by atoms with Crippen LogP contribution in [-0.4, -0.2) is 21.8 Å². The molecule has 2 rings (SSSR count). The predicted molar refractivity (Wildman–Crippen MR) is 75.0 cm³/mol. The number of carbonyl (C=O) groups is 2. The minimum absolute atomic E-state index is 0.0498. The van der Waals surface area contributed by atoms with E-state index in [2.05, 4.69) is 9.97 Å². The van der Waals surface area contributed by atoms with Gasteiger partial charge in [-0.3, -0.25) is 14.6 Å². The van der Waals surface area contributed by atoms with Gasteiger partial charge in [-0.05, 0) is 49.2 Å². The first kappa shape index (κ1) is 15.3. The van der Waals surface area contributed by atoms with Gasteiger partial charge in [-0.1, -0.05) is 0 Å². The van der Waals surface area contributed by atoms with E-state index in [0.717, 1.165) is 5.56 Å². The molecule has 0 radical (unpaired) electrons. The fraction of sp³-hybridized carbons (Fsp3) is 0.143. The Bertz CT molecular complexity index is 580. The molecule has 0 saturated heterocycles. The smallest absolute Gasteiger partial charge is 0.267 e. The maximum Gasteiger partial charge on any atom is 0.267 e. The lowest BCUT2D eigenvalue weighted by atomic mass is 10.2. The van der Waals surface area contributed by atoms with Crippen molar-refractivity contribution >= 4 is 11.8 Å². The molecule has 0 unspecified atom stereocenters. The molecule has 0 bridgehead atoms. The van der Waals surface area contributed by atoms with Crippen molar-refractivity contribution in [2.75, 3.05) is 0 Å². The molecule has 0 aliphatic carbocycles. The maximum absolute atomic E-state index is 10.7. The van der Waals surface area contributed by atoms with Gasteiger partial charge in [0, 0.05) is 12.4 Å². The Morgan fingerprint density at radius 3 is 1.65 bits per heavy atom. The number of aryl methyl sites for hydroxylation is 2. The van der Waals surface area contributed by atoms with Gasteiger partial charge in [0.1, 0.15) is 11.4 Å². The van der Waals surface area contributed by atoms with Crippen molar-refractivity contribution in [1.29, 1.82) is 0 Å². The summed E-state index contributed by atoms with van der Waals surface area (Å²) in [6, 6.07) is 6.93. The Balaban J connectivity index is 0.000000240. The molecule has 20 heavy (non-hydrogen) atoms. The van der Waals surface area contributed by atoms with Crippen molar-refractivity contribution in [3.05, 3.63) is 59.2 Å². The highest BCUT2D eigenvalue weighted by Crippen LogP contribution is 2.03. The normalized spacial score (nSPS) is 9.30. The van der Waals surface area contributed by atoms with Crippen molar-refractivity contribution in [3.8, 4) is 0 Å². The second-order valence-corrected chi connectivity index (χ2v) is 4.17. The first-order valence-corrected chi connectivity index (χ1v) is 5.85. The molecular formula is C14H16N4O2. The molecular weight excluding hydrogens is 256 g/mol. The van der Waals surface area contributed by atoms with E-state index in [1.807, 2.05) is 19.1 Å². The van der Waals surface area contributed by atoms with Crippen LogP contribution in [0.15, 0.2) is 36.7 Å². The average Bonchev–Trinajstić information content (AvgIpc) is 2.39. The third-order valence-electron chi connectivity index (χ3n) is 2.32. The van der Waals surface area contributed by atoms with Crippen LogP contribution in [-0.2, 0) is 0 Å². The van der Waals surface area contributed by atoms with E-state index < -0.39 is 11.8 Å². The van der Waals surface area contributed by atoms with E-state index in [0.29, 0.717) is 0 Å². The van der Waals surface area contributed by atoms with E-state index in [1.54, 1.807) is 19.3 Å². The topological polar surface area (TPSA) is 112 Å². The summed E-state index contributed by atoms with van der Waals surface area (Å²) in [4.78, 5) is 29.0. The number of carbonyl (C=O) groups excluding carboxylic acids is 2. The van der Waals surface area contributed by atoms with Gasteiger partial charge < -0.3 is 11.5 Å². The van der Waals surface area contributed by atoms with Gasteiger partial charge in [-0.25, -0.2) is 4.98 Å². The van der Waals surface area contributed by atoms with Crippen molar-refractivity contribution in [1.82, 2.24) is 9.97 Å². The number of hydrogen-bond donors (Lipinski definition) is 2. The van der Waals surface area contributed by atoms with Gasteiger partial charge in [0.15, 0.2) is 0 Å². The van der Waals surface area contributed by atoms with Gasteiger partial charge >= 0.3 is 0 Å². The molecule has 2 aromatic rings. The third kappa shape index (κ3) is 4.85. The lowest BCUT2D eigenvalue weighted by molar-refractivity contribution is 0.0992. The first-order valence-electron chi connectivity index (χ1n) is 5.85. The van der Waals surface area contributed by atoms with Crippen LogP contribution in [0.4, 0.5) is 0 Å². The van der Waals surface area contributed by atoms with Crippen molar-refractivity contribution in [2.24, 2.45) is 11.5 Å². The summed E-state index contributed by atoms with van der Waals surface area (Å²) in [6.07, 6.45) is 3.57. The van der Waals surface area contributed by atoms with E-state index in [-0.39, 0.29) is 11.4 Å². The number of nitrogens with zero attached hydrogens (tertiary/aromatic N) is 2. The molecule has 0 fully saturated rings. The minimum atomic E-state index is -0.675. The molecule has 0 aliphatic rings. The fourth-order valence-corrected chi connectivity index (χ4v) is 1.35. The number of rotatable bonds is 2. The standard InChI is InChI=1S/C8H9N3O2.C6H7N/c1-4-2-5(7(9)12)11-6(3-4)8(10)13;1-6-2-4-7-5-3-6/h2-3H,1H3,(H2,9,12)(H2,10,13);2-5H,1H3. The van der Waals surface area contributed by atoms with Crippen LogP contribution >= 0.6 is 0 Å². The average molecular weight is 272 g/mol. The number of aromatic nitrogens is 2. The minimum Gasteiger partial charge on any atom is -0.364 e. The van der Waals surface area contributed by atoms with Gasteiger partial charge in [0.25, 0.3) is 11.8 Å². The van der Waals surface area contributed by atoms with Crippen LogP contribution in [0, 0.1) is 13.8 Å². The monoisotopic (exact) mass is 272 g/mol. The zero-order valence-electron chi connectivity index (χ0n) is 11.3. The highest BCUT2D eigenvalue weighted by Gasteiger charge is 2.08. The third-order valence-corrected chi connectivity index (χ3v) is 2.32. The van der Waals surface area contributed by atoms with Crippen LogP contribution in [0.5, 0.6) is 0 Å². The molecule has 0 aliphatic heterocycles. The molecule has 104 valence electrons. The first-order chi connectivity index (χ1) is 9.40. The largest absolute Gasteiger partial charge is 0.364 e. The number of primary amides is 2. The molecule has 0 spiro atoms. The second-order valence-electron chi connectivity index (χ2n) is 4.17. The summed E-state index contributed by atoms with van der Waals surface area (Å²) in [5, 5.41) is 0. The summed E-state index contributed by atoms with van der Waals surface area (Å²) < 4.78 is 0. The zero-order chi connectivity index (χ0) is 15.1. The molecule has 2 aromatic heterocycles. The van der Waals surface area contributed by atoms with Gasteiger partial charge in [0.2, 0.25) is 0 Å². The second kappa shape index (κ2) is 6.98. The Kier molecular flexibility index (Phi) is 5.34. The zero-order valence-corrected chi connectivity index (χ0v) is 11.3. The molecule has 0 atom stereocenters. The van der Waals surface area contributed by atoms with Gasteiger partial charge in [-0.15, -0.1) is 0 Å². The highest BCUT2D eigenvalue weighted by molar-refractivity contribution is 5.95. The van der Waals surface area contributed by atoms with Crippen molar-refractivity contribution in [3.63, 3.8) is 0 Å².